The molecule has 0 radical (unpaired) electrons. The van der Waals surface area contributed by atoms with Crippen molar-refractivity contribution in [3.05, 3.63) is 27.6 Å². The van der Waals surface area contributed by atoms with Gasteiger partial charge in [0.05, 0.1) is 23.9 Å². The van der Waals surface area contributed by atoms with Crippen LogP contribution in [0.5, 0.6) is 0 Å². The molecule has 2 rings (SSSR count). The van der Waals surface area contributed by atoms with E-state index in [4.69, 9.17) is 10.5 Å². The summed E-state index contributed by atoms with van der Waals surface area (Å²) in [5.41, 5.74) is 6.08. The Morgan fingerprint density at radius 1 is 1.39 bits per heavy atom. The van der Waals surface area contributed by atoms with E-state index in [1.54, 1.807) is 6.92 Å². The van der Waals surface area contributed by atoms with Gasteiger partial charge in [0.25, 0.3) is 11.0 Å². The van der Waals surface area contributed by atoms with Crippen LogP contribution >= 0.6 is 0 Å². The summed E-state index contributed by atoms with van der Waals surface area (Å²) >= 11 is 0. The van der Waals surface area contributed by atoms with Gasteiger partial charge in [-0.05, 0) is 32.6 Å². The molecular weight excluding hydrogens is 370 g/mol. The van der Waals surface area contributed by atoms with E-state index < -0.39 is 11.0 Å². The molecule has 0 aromatic carbocycles. The van der Waals surface area contributed by atoms with Crippen molar-refractivity contribution in [1.29, 1.82) is 0 Å². The zero-order valence-electron chi connectivity index (χ0n) is 15.8. The van der Waals surface area contributed by atoms with Gasteiger partial charge in [-0.1, -0.05) is 6.42 Å². The quantitative estimate of drug-likeness (QED) is 0.252. The van der Waals surface area contributed by atoms with Crippen molar-refractivity contribution < 1.29 is 24.3 Å². The Hall–Kier alpha value is -2.98. The molecule has 28 heavy (non-hydrogen) atoms. The monoisotopic (exact) mass is 395 g/mol. The van der Waals surface area contributed by atoms with Crippen molar-refractivity contribution in [2.24, 2.45) is 5.73 Å². The van der Waals surface area contributed by atoms with Crippen molar-refractivity contribution in [2.45, 2.75) is 51.5 Å². The Bertz CT molecular complexity index is 713. The summed E-state index contributed by atoms with van der Waals surface area (Å²) in [4.78, 5) is 48.0. The van der Waals surface area contributed by atoms with Crippen LogP contribution < -0.4 is 10.6 Å². The highest BCUT2D eigenvalue weighted by Crippen LogP contribution is 2.23. The molecule has 2 heterocycles. The average molecular weight is 395 g/mol. The van der Waals surface area contributed by atoms with Gasteiger partial charge in [-0.3, -0.25) is 9.59 Å². The van der Waals surface area contributed by atoms with Gasteiger partial charge in [-0.15, -0.1) is 10.1 Å². The van der Waals surface area contributed by atoms with Crippen LogP contribution in [-0.4, -0.2) is 52.7 Å². The molecule has 1 aliphatic rings. The van der Waals surface area contributed by atoms with Crippen LogP contribution in [0, 0.1) is 17.0 Å². The van der Waals surface area contributed by atoms with Crippen molar-refractivity contribution >= 4 is 17.8 Å². The first-order valence-electron chi connectivity index (χ1n) is 9.21. The predicted molar refractivity (Wildman–Crippen MR) is 98.0 cm³/mol. The number of aryl methyl sites for hydroxylation is 1. The molecule has 1 aromatic heterocycles. The number of unbranched alkanes of at least 4 members (excludes halogenated alkanes) is 2. The molecule has 1 amide bonds. The summed E-state index contributed by atoms with van der Waals surface area (Å²) in [5, 5.41) is 9.20. The van der Waals surface area contributed by atoms with Gasteiger partial charge < -0.3 is 20.2 Å². The van der Waals surface area contributed by atoms with Crippen LogP contribution in [0.1, 0.15) is 54.6 Å². The molecule has 1 aliphatic heterocycles. The average Bonchev–Trinajstić information content (AvgIpc) is 3.10. The van der Waals surface area contributed by atoms with Gasteiger partial charge >= 0.3 is 5.97 Å². The first kappa shape index (κ1) is 21.3. The second-order valence-corrected chi connectivity index (χ2v) is 6.57. The summed E-state index contributed by atoms with van der Waals surface area (Å²) in [6.45, 7) is 2.72. The number of anilines is 1. The van der Waals surface area contributed by atoms with Crippen LogP contribution in [0.15, 0.2) is 6.20 Å². The van der Waals surface area contributed by atoms with E-state index in [1.807, 2.05) is 4.90 Å². The third-order valence-corrected chi connectivity index (χ3v) is 4.52. The zero-order chi connectivity index (χ0) is 20.5. The Morgan fingerprint density at radius 3 is 2.86 bits per heavy atom. The van der Waals surface area contributed by atoms with E-state index in [1.165, 1.54) is 6.20 Å². The fraction of sp³-hybridized carbons (Fsp3) is 0.647. The number of hydrogen-bond donors (Lipinski definition) is 1. The Labute approximate surface area is 162 Å². The third-order valence-electron chi connectivity index (χ3n) is 4.52. The molecule has 0 saturated carbocycles. The van der Waals surface area contributed by atoms with Crippen molar-refractivity contribution in [1.82, 2.24) is 9.97 Å². The van der Waals surface area contributed by atoms with Gasteiger partial charge in [-0.2, -0.15) is 0 Å². The lowest BCUT2D eigenvalue weighted by molar-refractivity contribution is -0.757. The Kier molecular flexibility index (Phi) is 7.90. The highest BCUT2D eigenvalue weighted by Gasteiger charge is 2.28. The predicted octanol–water partition coefficient (Wildman–Crippen LogP) is 1.16. The number of primary amides is 1. The van der Waals surface area contributed by atoms with Crippen LogP contribution in [0.2, 0.25) is 0 Å². The molecule has 0 aliphatic carbocycles. The number of nitrogens with two attached hydrogens (primary N) is 1. The van der Waals surface area contributed by atoms with Gasteiger partial charge in [0.2, 0.25) is 5.95 Å². The maximum atomic E-state index is 11.9. The highest BCUT2D eigenvalue weighted by atomic mass is 16.9. The number of aromatic nitrogens is 2. The molecule has 2 N–H and O–H groups in total. The molecule has 154 valence electrons. The second kappa shape index (κ2) is 10.4. The SMILES string of the molecule is Cc1nc(N2CCCC2COC(=O)CCCCCO[N+](=O)[O-])ncc1C(N)=O. The normalized spacial score (nSPS) is 16.0. The third kappa shape index (κ3) is 6.32. The van der Waals surface area contributed by atoms with Gasteiger partial charge in [0.1, 0.15) is 6.61 Å². The number of carbonyl (C=O) groups excluding carboxylic acids is 2. The standard InChI is InChI=1S/C17H25N5O6/c1-12-14(16(18)24)10-19-17(20-12)21-8-5-6-13(21)11-27-15(23)7-3-2-4-9-28-22(25)26/h10,13H,2-9,11H2,1H3,(H2,18,24). The van der Waals surface area contributed by atoms with E-state index in [0.717, 1.165) is 19.4 Å². The highest BCUT2D eigenvalue weighted by molar-refractivity contribution is 5.93. The lowest BCUT2D eigenvalue weighted by Crippen LogP contribution is -2.35. The minimum atomic E-state index is -0.825. The topological polar surface area (TPSA) is 151 Å². The van der Waals surface area contributed by atoms with Crippen LogP contribution in [-0.2, 0) is 14.4 Å². The molecule has 0 spiro atoms. The van der Waals surface area contributed by atoms with Crippen molar-refractivity contribution in [2.75, 3.05) is 24.7 Å². The van der Waals surface area contributed by atoms with Crippen molar-refractivity contribution in [3.8, 4) is 0 Å². The number of amides is 1. The van der Waals surface area contributed by atoms with E-state index in [-0.39, 0.29) is 37.2 Å². The van der Waals surface area contributed by atoms with Gasteiger partial charge in [0.15, 0.2) is 0 Å². The maximum Gasteiger partial charge on any atom is 0.305 e. The summed E-state index contributed by atoms with van der Waals surface area (Å²) < 4.78 is 5.36. The Morgan fingerprint density at radius 2 is 2.18 bits per heavy atom. The number of rotatable bonds is 11. The smallest absolute Gasteiger partial charge is 0.305 e. The summed E-state index contributed by atoms with van der Waals surface area (Å²) in [5.74, 6) is -0.379. The first-order valence-corrected chi connectivity index (χ1v) is 9.21. The maximum absolute atomic E-state index is 11.9. The van der Waals surface area contributed by atoms with Crippen LogP contribution in [0.3, 0.4) is 0 Å². The second-order valence-electron chi connectivity index (χ2n) is 6.57. The Balaban J connectivity index is 1.76. The fourth-order valence-corrected chi connectivity index (χ4v) is 3.06. The van der Waals surface area contributed by atoms with E-state index in [9.17, 15) is 19.7 Å². The zero-order valence-corrected chi connectivity index (χ0v) is 15.8. The molecule has 1 fully saturated rings. The molecule has 1 aromatic rings. The number of ether oxygens (including phenoxy) is 1. The van der Waals surface area contributed by atoms with E-state index in [2.05, 4.69) is 14.8 Å². The van der Waals surface area contributed by atoms with Gasteiger partial charge in [0, 0.05) is 19.2 Å². The van der Waals surface area contributed by atoms with E-state index >= 15 is 0 Å². The number of esters is 1. The lowest BCUT2D eigenvalue weighted by Gasteiger charge is -2.24. The first-order chi connectivity index (χ1) is 13.4. The van der Waals surface area contributed by atoms with Crippen molar-refractivity contribution in [3.63, 3.8) is 0 Å². The molecule has 11 nitrogen and oxygen atoms in total. The lowest BCUT2D eigenvalue weighted by atomic mass is 10.2. The molecule has 1 saturated heterocycles. The van der Waals surface area contributed by atoms with Crippen LogP contribution in [0.4, 0.5) is 5.95 Å². The molecular formula is C17H25N5O6. The summed E-state index contributed by atoms with van der Waals surface area (Å²) in [6, 6.07) is -0.0173. The largest absolute Gasteiger partial charge is 0.463 e. The minimum absolute atomic E-state index is 0.0173. The fourth-order valence-electron chi connectivity index (χ4n) is 3.06. The molecule has 1 unspecified atom stereocenters. The van der Waals surface area contributed by atoms with Crippen LogP contribution in [0.25, 0.3) is 0 Å². The van der Waals surface area contributed by atoms with E-state index in [0.29, 0.717) is 30.9 Å². The molecule has 11 heteroatoms. The molecule has 1 atom stereocenters. The minimum Gasteiger partial charge on any atom is -0.463 e. The van der Waals surface area contributed by atoms with Gasteiger partial charge in [-0.25, -0.2) is 9.97 Å². The number of carbonyl (C=O) groups is 2. The number of nitrogens with zero attached hydrogens (tertiary/aromatic N) is 4. The summed E-state index contributed by atoms with van der Waals surface area (Å²) in [7, 11) is 0. The molecule has 0 bridgehead atoms. The number of hydrogen-bond acceptors (Lipinski definition) is 9. The summed E-state index contributed by atoms with van der Waals surface area (Å²) in [6.07, 6.45) is 5.22.